The average molecular weight is 264 g/mol. The van der Waals surface area contributed by atoms with Gasteiger partial charge in [-0.2, -0.15) is 0 Å². The van der Waals surface area contributed by atoms with Gasteiger partial charge in [-0.15, -0.1) is 12.4 Å². The molecule has 2 aromatic carbocycles. The highest BCUT2D eigenvalue weighted by atomic mass is 35.5. The predicted molar refractivity (Wildman–Crippen MR) is 78.8 cm³/mol. The monoisotopic (exact) mass is 263 g/mol. The van der Waals surface area contributed by atoms with Gasteiger partial charge in [-0.25, -0.2) is 0 Å². The zero-order valence-corrected chi connectivity index (χ0v) is 11.5. The van der Waals surface area contributed by atoms with Crippen LogP contribution in [0.25, 0.3) is 10.8 Å². The van der Waals surface area contributed by atoms with Crippen LogP contribution in [-0.2, 0) is 11.2 Å². The van der Waals surface area contributed by atoms with E-state index in [2.05, 4.69) is 30.3 Å². The van der Waals surface area contributed by atoms with E-state index in [1.165, 1.54) is 10.8 Å². The number of fused-ring (bicyclic) bond motifs is 1. The van der Waals surface area contributed by atoms with Crippen molar-refractivity contribution in [2.45, 2.75) is 26.4 Å². The van der Waals surface area contributed by atoms with E-state index in [4.69, 9.17) is 10.1 Å². The Hall–Kier alpha value is -1.54. The van der Waals surface area contributed by atoms with Crippen molar-refractivity contribution in [1.29, 1.82) is 5.41 Å². The summed E-state index contributed by atoms with van der Waals surface area (Å²) in [5.74, 6) is 0.329. The summed E-state index contributed by atoms with van der Waals surface area (Å²) in [6.07, 6.45) is 0.631. The number of rotatable bonds is 3. The van der Waals surface area contributed by atoms with E-state index in [0.717, 1.165) is 5.56 Å². The summed E-state index contributed by atoms with van der Waals surface area (Å²) in [4.78, 5) is 0. The zero-order valence-electron chi connectivity index (χ0n) is 10.6. The van der Waals surface area contributed by atoms with Gasteiger partial charge >= 0.3 is 0 Å². The molecule has 0 aliphatic rings. The number of hydrogen-bond acceptors (Lipinski definition) is 2. The zero-order chi connectivity index (χ0) is 12.3. The summed E-state index contributed by atoms with van der Waals surface area (Å²) in [5.41, 5.74) is 1.12. The number of nitrogens with one attached hydrogen (secondary N) is 1. The molecule has 0 unspecified atom stereocenters. The Balaban J connectivity index is 0.00000162. The molecular formula is C15H18ClNO. The first-order valence-corrected chi connectivity index (χ1v) is 5.87. The van der Waals surface area contributed by atoms with Crippen molar-refractivity contribution in [1.82, 2.24) is 0 Å². The maximum absolute atomic E-state index is 7.74. The molecule has 0 aliphatic carbocycles. The second-order valence-corrected chi connectivity index (χ2v) is 4.45. The maximum atomic E-state index is 7.74. The first-order chi connectivity index (χ1) is 8.15. The quantitative estimate of drug-likeness (QED) is 0.653. The largest absolute Gasteiger partial charge is 0.478 e. The van der Waals surface area contributed by atoms with Crippen LogP contribution in [0.1, 0.15) is 19.4 Å². The van der Waals surface area contributed by atoms with Gasteiger partial charge in [0.1, 0.15) is 0 Å². The van der Waals surface area contributed by atoms with E-state index in [-0.39, 0.29) is 18.5 Å². The molecule has 0 fully saturated rings. The molecule has 0 aromatic heterocycles. The fraction of sp³-hybridized carbons (Fsp3) is 0.267. The predicted octanol–water partition coefficient (Wildman–Crippen LogP) is 4.21. The summed E-state index contributed by atoms with van der Waals surface area (Å²) in [7, 11) is 0. The first kappa shape index (κ1) is 14.5. The van der Waals surface area contributed by atoms with Crippen LogP contribution >= 0.6 is 12.4 Å². The molecule has 0 bridgehead atoms. The van der Waals surface area contributed by atoms with Gasteiger partial charge in [-0.05, 0) is 30.2 Å². The van der Waals surface area contributed by atoms with E-state index in [0.29, 0.717) is 12.3 Å². The van der Waals surface area contributed by atoms with Gasteiger partial charge < -0.3 is 4.74 Å². The van der Waals surface area contributed by atoms with Gasteiger partial charge in [-0.1, -0.05) is 42.5 Å². The Morgan fingerprint density at radius 3 is 2.44 bits per heavy atom. The van der Waals surface area contributed by atoms with Gasteiger partial charge in [0.15, 0.2) is 5.90 Å². The molecule has 3 heteroatoms. The Labute approximate surface area is 114 Å². The van der Waals surface area contributed by atoms with Gasteiger partial charge in [0.25, 0.3) is 0 Å². The molecule has 1 N–H and O–H groups in total. The normalized spacial score (nSPS) is 10.2. The molecule has 0 atom stereocenters. The van der Waals surface area contributed by atoms with Crippen LogP contribution in [0.5, 0.6) is 0 Å². The molecule has 96 valence electrons. The van der Waals surface area contributed by atoms with Crippen molar-refractivity contribution >= 4 is 29.1 Å². The number of hydrogen-bond donors (Lipinski definition) is 1. The fourth-order valence-electron chi connectivity index (χ4n) is 1.86. The van der Waals surface area contributed by atoms with Crippen molar-refractivity contribution in [2.24, 2.45) is 0 Å². The average Bonchev–Trinajstić information content (AvgIpc) is 2.27. The Bertz CT molecular complexity index is 537. The lowest BCUT2D eigenvalue weighted by molar-refractivity contribution is 0.221. The topological polar surface area (TPSA) is 33.1 Å². The van der Waals surface area contributed by atoms with Crippen molar-refractivity contribution in [3.63, 3.8) is 0 Å². The fourth-order valence-corrected chi connectivity index (χ4v) is 1.86. The van der Waals surface area contributed by atoms with Crippen LogP contribution in [0.3, 0.4) is 0 Å². The molecule has 2 nitrogen and oxygen atoms in total. The molecule has 0 aliphatic heterocycles. The van der Waals surface area contributed by atoms with Gasteiger partial charge in [-0.3, -0.25) is 5.41 Å². The summed E-state index contributed by atoms with van der Waals surface area (Å²) >= 11 is 0. The summed E-state index contributed by atoms with van der Waals surface area (Å²) in [5, 5.41) is 10.2. The Morgan fingerprint density at radius 2 is 1.78 bits per heavy atom. The Kier molecular flexibility index (Phi) is 5.17. The standard InChI is InChI=1S/C15H17NO.ClH/c1-11(2)17-15(16)10-12-7-8-13-5-3-4-6-14(13)9-12;/h3-9,11,16H,10H2,1-2H3;1H. The first-order valence-electron chi connectivity index (χ1n) is 5.87. The summed E-state index contributed by atoms with van der Waals surface area (Å²) in [6, 6.07) is 14.5. The van der Waals surface area contributed by atoms with Crippen molar-refractivity contribution in [3.05, 3.63) is 48.0 Å². The summed E-state index contributed by atoms with van der Waals surface area (Å²) in [6.45, 7) is 3.88. The van der Waals surface area contributed by atoms with Gasteiger partial charge in [0, 0.05) is 6.42 Å². The number of halogens is 1. The Morgan fingerprint density at radius 1 is 1.11 bits per heavy atom. The third-order valence-corrected chi connectivity index (χ3v) is 2.56. The number of ether oxygens (including phenoxy) is 1. The van der Waals surface area contributed by atoms with Crippen molar-refractivity contribution in [2.75, 3.05) is 0 Å². The van der Waals surface area contributed by atoms with Gasteiger partial charge in [0.05, 0.1) is 6.10 Å². The maximum Gasteiger partial charge on any atom is 0.185 e. The highest BCUT2D eigenvalue weighted by Crippen LogP contribution is 2.16. The molecule has 0 heterocycles. The molecule has 2 rings (SSSR count). The second-order valence-electron chi connectivity index (χ2n) is 4.45. The molecule has 2 aromatic rings. The lowest BCUT2D eigenvalue weighted by Gasteiger charge is -2.10. The number of benzene rings is 2. The van der Waals surface area contributed by atoms with Crippen LogP contribution < -0.4 is 0 Å². The molecular weight excluding hydrogens is 246 g/mol. The molecule has 0 radical (unpaired) electrons. The minimum absolute atomic E-state index is 0. The smallest absolute Gasteiger partial charge is 0.185 e. The minimum atomic E-state index is 0. The minimum Gasteiger partial charge on any atom is -0.478 e. The van der Waals surface area contributed by atoms with E-state index < -0.39 is 0 Å². The van der Waals surface area contributed by atoms with E-state index in [9.17, 15) is 0 Å². The van der Waals surface area contributed by atoms with E-state index >= 15 is 0 Å². The van der Waals surface area contributed by atoms with Crippen LogP contribution in [0.4, 0.5) is 0 Å². The highest BCUT2D eigenvalue weighted by molar-refractivity contribution is 5.85. The van der Waals surface area contributed by atoms with Crippen LogP contribution in [0.15, 0.2) is 42.5 Å². The third kappa shape index (κ3) is 3.74. The lowest BCUT2D eigenvalue weighted by atomic mass is 10.1. The second kappa shape index (κ2) is 6.41. The van der Waals surface area contributed by atoms with Crippen molar-refractivity contribution < 1.29 is 4.74 Å². The van der Waals surface area contributed by atoms with Crippen molar-refractivity contribution in [3.8, 4) is 0 Å². The third-order valence-electron chi connectivity index (χ3n) is 2.56. The molecule has 0 spiro atoms. The SMILES string of the molecule is CC(C)OC(=N)Cc1ccc2ccccc2c1.Cl. The van der Waals surface area contributed by atoms with Crippen LogP contribution in [0, 0.1) is 5.41 Å². The van der Waals surface area contributed by atoms with E-state index in [1.807, 2.05) is 26.0 Å². The van der Waals surface area contributed by atoms with Crippen LogP contribution in [-0.4, -0.2) is 12.0 Å². The van der Waals surface area contributed by atoms with Crippen LogP contribution in [0.2, 0.25) is 0 Å². The van der Waals surface area contributed by atoms with Gasteiger partial charge in [0.2, 0.25) is 0 Å². The molecule has 18 heavy (non-hydrogen) atoms. The molecule has 0 amide bonds. The van der Waals surface area contributed by atoms with E-state index in [1.54, 1.807) is 0 Å². The molecule has 0 saturated carbocycles. The lowest BCUT2D eigenvalue weighted by Crippen LogP contribution is -2.12. The molecule has 0 saturated heterocycles. The summed E-state index contributed by atoms with van der Waals surface area (Å²) < 4.78 is 5.35. The highest BCUT2D eigenvalue weighted by Gasteiger charge is 2.03.